The summed E-state index contributed by atoms with van der Waals surface area (Å²) in [4.78, 5) is 45.0. The molecule has 4 amide bonds. The molecule has 1 saturated heterocycles. The first-order valence-corrected chi connectivity index (χ1v) is 18.6. The smallest absolute Gasteiger partial charge is 0.335 e. The van der Waals surface area contributed by atoms with Crippen molar-refractivity contribution in [2.75, 3.05) is 22.9 Å². The van der Waals surface area contributed by atoms with Crippen LogP contribution in [0.1, 0.15) is 58.1 Å². The molecule has 52 heavy (non-hydrogen) atoms. The number of rotatable bonds is 7. The van der Waals surface area contributed by atoms with Gasteiger partial charge < -0.3 is 9.64 Å². The molecule has 0 unspecified atom stereocenters. The number of carbonyl (C=O) groups excluding carboxylic acids is 3. The Balaban J connectivity index is 1.21. The van der Waals surface area contributed by atoms with Crippen molar-refractivity contribution in [2.24, 2.45) is 0 Å². The first kappa shape index (κ1) is 34.2. The van der Waals surface area contributed by atoms with Gasteiger partial charge >= 0.3 is 6.03 Å². The van der Waals surface area contributed by atoms with Gasteiger partial charge in [0.2, 0.25) is 0 Å². The van der Waals surface area contributed by atoms with Gasteiger partial charge in [-0.15, -0.1) is 0 Å². The summed E-state index contributed by atoms with van der Waals surface area (Å²) in [6.45, 7) is 1.94. The number of amides is 4. The Bertz CT molecular complexity index is 2190. The van der Waals surface area contributed by atoms with E-state index in [2.05, 4.69) is 50.4 Å². The summed E-state index contributed by atoms with van der Waals surface area (Å²) in [6.07, 6.45) is 3.25. The third kappa shape index (κ3) is 6.51. The second-order valence-electron chi connectivity index (χ2n) is 13.1. The molecule has 260 valence electrons. The van der Waals surface area contributed by atoms with Gasteiger partial charge in [-0.3, -0.25) is 14.9 Å². The monoisotopic (exact) mass is 791 g/mol. The fourth-order valence-electron chi connectivity index (χ4n) is 7.57. The normalized spacial score (nSPS) is 19.1. The van der Waals surface area contributed by atoms with Gasteiger partial charge in [0, 0.05) is 56.3 Å². The van der Waals surface area contributed by atoms with E-state index >= 15 is 0 Å². The first-order chi connectivity index (χ1) is 25.2. The van der Waals surface area contributed by atoms with Crippen LogP contribution in [0.4, 0.5) is 16.2 Å². The quantitative estimate of drug-likeness (QED) is 0.131. The maximum Gasteiger partial charge on any atom is 0.335 e. The second kappa shape index (κ2) is 14.3. The molecule has 0 saturated carbocycles. The van der Waals surface area contributed by atoms with E-state index in [9.17, 15) is 14.4 Å². The topological polar surface area (TPSA) is 79.0 Å². The summed E-state index contributed by atoms with van der Waals surface area (Å²) in [7, 11) is 0. The summed E-state index contributed by atoms with van der Waals surface area (Å²) in [5.74, 6) is -0.955. The summed E-state index contributed by atoms with van der Waals surface area (Å²) in [5.41, 5.74) is 7.06. The highest BCUT2D eigenvalue weighted by Crippen LogP contribution is 2.50. The Morgan fingerprint density at radius 1 is 0.788 bits per heavy atom. The zero-order chi connectivity index (χ0) is 35.9. The Morgan fingerprint density at radius 3 is 2.04 bits per heavy atom. The van der Waals surface area contributed by atoms with Gasteiger partial charge in [-0.25, -0.2) is 9.69 Å². The molecule has 3 heterocycles. The van der Waals surface area contributed by atoms with Crippen LogP contribution in [-0.4, -0.2) is 30.9 Å². The third-order valence-electron chi connectivity index (χ3n) is 10.0. The zero-order valence-electron chi connectivity index (χ0n) is 27.8. The van der Waals surface area contributed by atoms with Crippen LogP contribution in [0.3, 0.4) is 0 Å². The molecule has 8 rings (SSSR count). The molecule has 3 aliphatic rings. The van der Waals surface area contributed by atoms with E-state index in [4.69, 9.17) is 27.9 Å². The predicted molar refractivity (Wildman–Crippen MR) is 208 cm³/mol. The number of nitrogens with zero attached hydrogens (tertiary/aromatic N) is 2. The predicted octanol–water partition coefficient (Wildman–Crippen LogP) is 9.88. The number of ether oxygens (including phenoxy) is 1. The van der Waals surface area contributed by atoms with Crippen LogP contribution in [0.25, 0.3) is 6.08 Å². The van der Waals surface area contributed by atoms with Gasteiger partial charge in [-0.05, 0) is 83.6 Å². The number of hydrogen-bond acceptors (Lipinski definition) is 5. The van der Waals surface area contributed by atoms with Gasteiger partial charge in [0.25, 0.3) is 11.8 Å². The average molecular weight is 794 g/mol. The van der Waals surface area contributed by atoms with E-state index in [1.807, 2.05) is 48.5 Å². The fraction of sp³-hybridized carbons (Fsp3) is 0.167. The highest BCUT2D eigenvalue weighted by molar-refractivity contribution is 9.10. The van der Waals surface area contributed by atoms with Crippen LogP contribution in [-0.2, 0) is 16.2 Å². The molecule has 1 N–H and O–H groups in total. The molecule has 0 aromatic heterocycles. The minimum absolute atomic E-state index is 0.0655. The second-order valence-corrected chi connectivity index (χ2v) is 14.9. The van der Waals surface area contributed by atoms with E-state index < -0.39 is 17.8 Å². The summed E-state index contributed by atoms with van der Waals surface area (Å²) >= 11 is 16.0. The van der Waals surface area contributed by atoms with Crippen molar-refractivity contribution in [3.63, 3.8) is 0 Å². The number of urea groups is 1. The van der Waals surface area contributed by atoms with Gasteiger partial charge in [0.05, 0.1) is 5.69 Å². The van der Waals surface area contributed by atoms with Crippen LogP contribution >= 0.6 is 39.1 Å². The van der Waals surface area contributed by atoms with Crippen molar-refractivity contribution in [3.05, 3.63) is 163 Å². The van der Waals surface area contributed by atoms with Gasteiger partial charge in [0.1, 0.15) is 17.9 Å². The Kier molecular flexibility index (Phi) is 9.38. The maximum atomic E-state index is 14.4. The van der Waals surface area contributed by atoms with Crippen molar-refractivity contribution in [3.8, 4) is 5.75 Å². The fourth-order valence-corrected chi connectivity index (χ4v) is 8.42. The molecular weight excluding hydrogens is 761 g/mol. The standard InChI is InChI=1S/C42H32BrCl2N3O4/c43-29-12-14-38(52-24-27-11-13-30(44)21-37(27)45)28(19-29)20-36-40(49)46-42(51)48(41(36)50)31-22-34-32(25-7-3-1-4-8-25)15-17-47-18-16-33(35(23-31)39(34)47)26-9-5-2-6-10-26/h1-14,19-23,32-33H,15-18,24H2,(H,46,49,51)/b36-20+/t32-,33-/m1/s1. The molecule has 5 aromatic carbocycles. The SMILES string of the molecule is O=C1NC(=O)N(c2cc3c4c(c2)[C@@H](c2ccccc2)CCN4CC[C@@H]3c2ccccc2)C(=O)/C1=C/c1cc(Br)ccc1OCc1ccc(Cl)cc1Cl. The van der Waals surface area contributed by atoms with Crippen LogP contribution in [0.15, 0.2) is 119 Å². The van der Waals surface area contributed by atoms with E-state index in [0.29, 0.717) is 37.1 Å². The number of barbiturate groups is 1. The number of carbonyl (C=O) groups is 3. The minimum Gasteiger partial charge on any atom is -0.488 e. The molecule has 3 aliphatic heterocycles. The lowest BCUT2D eigenvalue weighted by molar-refractivity contribution is -0.122. The van der Waals surface area contributed by atoms with E-state index in [-0.39, 0.29) is 24.0 Å². The maximum absolute atomic E-state index is 14.4. The summed E-state index contributed by atoms with van der Waals surface area (Å²) < 4.78 is 6.85. The number of benzene rings is 5. The van der Waals surface area contributed by atoms with Crippen LogP contribution in [0.5, 0.6) is 5.75 Å². The zero-order valence-corrected chi connectivity index (χ0v) is 30.9. The summed E-state index contributed by atoms with van der Waals surface area (Å²) in [5, 5.41) is 3.39. The van der Waals surface area contributed by atoms with Crippen LogP contribution in [0, 0.1) is 0 Å². The molecule has 7 nitrogen and oxygen atoms in total. The van der Waals surface area contributed by atoms with Gasteiger partial charge in [-0.1, -0.05) is 106 Å². The van der Waals surface area contributed by atoms with Crippen molar-refractivity contribution in [2.45, 2.75) is 31.3 Å². The molecule has 2 atom stereocenters. The summed E-state index contributed by atoms with van der Waals surface area (Å²) in [6, 6.07) is 34.3. The molecule has 0 aliphatic carbocycles. The number of nitrogens with one attached hydrogen (secondary N) is 1. The van der Waals surface area contributed by atoms with Crippen molar-refractivity contribution in [1.82, 2.24) is 5.32 Å². The van der Waals surface area contributed by atoms with E-state index in [0.717, 1.165) is 47.6 Å². The Morgan fingerprint density at radius 2 is 1.42 bits per heavy atom. The average Bonchev–Trinajstić information content (AvgIpc) is 3.14. The highest BCUT2D eigenvalue weighted by atomic mass is 79.9. The molecular formula is C42H32BrCl2N3O4. The lowest BCUT2D eigenvalue weighted by atomic mass is 9.76. The van der Waals surface area contributed by atoms with E-state index in [1.54, 1.807) is 36.4 Å². The minimum atomic E-state index is -0.793. The van der Waals surface area contributed by atoms with E-state index in [1.165, 1.54) is 17.2 Å². The number of hydrogen-bond donors (Lipinski definition) is 1. The van der Waals surface area contributed by atoms with Crippen molar-refractivity contribution < 1.29 is 19.1 Å². The first-order valence-electron chi connectivity index (χ1n) is 17.1. The number of imide groups is 2. The molecule has 5 aromatic rings. The van der Waals surface area contributed by atoms with Crippen LogP contribution < -0.4 is 19.9 Å². The number of halogens is 3. The molecule has 0 bridgehead atoms. The molecule has 0 spiro atoms. The molecule has 1 fully saturated rings. The van der Waals surface area contributed by atoms with Gasteiger partial charge in [0.15, 0.2) is 0 Å². The Hall–Kier alpha value is -4.89. The lowest BCUT2D eigenvalue weighted by Gasteiger charge is -2.44. The molecule has 0 radical (unpaired) electrons. The third-order valence-corrected chi connectivity index (χ3v) is 11.1. The largest absolute Gasteiger partial charge is 0.488 e. The molecule has 10 heteroatoms. The van der Waals surface area contributed by atoms with Crippen molar-refractivity contribution >= 4 is 74.4 Å². The number of anilines is 2. The highest BCUT2D eigenvalue weighted by Gasteiger charge is 2.40. The van der Waals surface area contributed by atoms with Crippen molar-refractivity contribution in [1.29, 1.82) is 0 Å². The van der Waals surface area contributed by atoms with Crippen LogP contribution in [0.2, 0.25) is 10.0 Å². The Labute approximate surface area is 319 Å². The van der Waals surface area contributed by atoms with Gasteiger partial charge in [-0.2, -0.15) is 0 Å². The lowest BCUT2D eigenvalue weighted by Crippen LogP contribution is -2.54.